The molecule has 20 heavy (non-hydrogen) atoms. The molecule has 0 amide bonds. The van der Waals surface area contributed by atoms with E-state index in [1.807, 2.05) is 0 Å². The third kappa shape index (κ3) is 3.69. The second-order valence-electron chi connectivity index (χ2n) is 5.13. The van der Waals surface area contributed by atoms with E-state index >= 15 is 0 Å². The van der Waals surface area contributed by atoms with Crippen LogP contribution in [-0.2, 0) is 16.6 Å². The smallest absolute Gasteiger partial charge is 0.372 e. The Hall–Kier alpha value is -1.15. The monoisotopic (exact) mass is 293 g/mol. The molecule has 1 aliphatic rings. The normalized spacial score (nSPS) is 18.6. The summed E-state index contributed by atoms with van der Waals surface area (Å²) in [4.78, 5) is 4.25. The van der Waals surface area contributed by atoms with Crippen LogP contribution in [0, 0.1) is 0 Å². The molecule has 0 saturated heterocycles. The third-order valence-electron chi connectivity index (χ3n) is 3.61. The van der Waals surface area contributed by atoms with Crippen molar-refractivity contribution in [2.75, 3.05) is 19.8 Å². The van der Waals surface area contributed by atoms with Gasteiger partial charge in [0.25, 0.3) is 0 Å². The standard InChI is InChI=1S/C12H18F3N3O2/c13-12(14,15)8-19-6-3-9-17-10(20-18-9)11(7-16)4-1-2-5-11/h1-8,16H2. The molecule has 0 aromatic carbocycles. The van der Waals surface area contributed by atoms with Crippen LogP contribution in [-0.4, -0.2) is 36.1 Å². The largest absolute Gasteiger partial charge is 0.411 e. The summed E-state index contributed by atoms with van der Waals surface area (Å²) in [5.74, 6) is 0.866. The van der Waals surface area contributed by atoms with E-state index in [0.717, 1.165) is 25.7 Å². The van der Waals surface area contributed by atoms with Crippen LogP contribution in [0.1, 0.15) is 37.4 Å². The molecule has 0 bridgehead atoms. The Morgan fingerprint density at radius 2 is 2.00 bits per heavy atom. The number of aromatic nitrogens is 2. The molecule has 5 nitrogen and oxygen atoms in total. The molecule has 0 atom stereocenters. The van der Waals surface area contributed by atoms with Crippen molar-refractivity contribution in [1.82, 2.24) is 10.1 Å². The van der Waals surface area contributed by atoms with Crippen LogP contribution >= 0.6 is 0 Å². The molecular weight excluding hydrogens is 275 g/mol. The fourth-order valence-corrected chi connectivity index (χ4v) is 2.48. The molecule has 1 fully saturated rings. The van der Waals surface area contributed by atoms with Gasteiger partial charge in [-0.05, 0) is 12.8 Å². The van der Waals surface area contributed by atoms with E-state index in [9.17, 15) is 13.2 Å². The fourth-order valence-electron chi connectivity index (χ4n) is 2.48. The lowest BCUT2D eigenvalue weighted by molar-refractivity contribution is -0.173. The second kappa shape index (κ2) is 6.09. The predicted octanol–water partition coefficient (Wildman–Crippen LogP) is 1.96. The molecule has 1 aromatic heterocycles. The lowest BCUT2D eigenvalue weighted by Gasteiger charge is -2.21. The first-order valence-corrected chi connectivity index (χ1v) is 6.63. The summed E-state index contributed by atoms with van der Waals surface area (Å²) in [6, 6.07) is 0. The number of halogens is 3. The van der Waals surface area contributed by atoms with Crippen LogP contribution in [0.3, 0.4) is 0 Å². The van der Waals surface area contributed by atoms with E-state index in [1.165, 1.54) is 0 Å². The summed E-state index contributed by atoms with van der Waals surface area (Å²) in [6.07, 6.45) is -0.144. The number of ether oxygens (including phenoxy) is 1. The number of nitrogens with two attached hydrogens (primary N) is 1. The number of nitrogens with zero attached hydrogens (tertiary/aromatic N) is 2. The van der Waals surface area contributed by atoms with Crippen LogP contribution in [0.25, 0.3) is 0 Å². The summed E-state index contributed by atoms with van der Waals surface area (Å²) >= 11 is 0. The van der Waals surface area contributed by atoms with Crippen LogP contribution in [0.5, 0.6) is 0 Å². The van der Waals surface area contributed by atoms with Gasteiger partial charge in [0.15, 0.2) is 5.82 Å². The molecule has 2 rings (SSSR count). The van der Waals surface area contributed by atoms with Crippen LogP contribution in [0.2, 0.25) is 0 Å². The highest BCUT2D eigenvalue weighted by Gasteiger charge is 2.39. The topological polar surface area (TPSA) is 74.2 Å². The number of hydrogen-bond donors (Lipinski definition) is 1. The SMILES string of the molecule is NCC1(c2nc(CCOCC(F)(F)F)no2)CCCC1. The van der Waals surface area contributed by atoms with E-state index < -0.39 is 12.8 Å². The van der Waals surface area contributed by atoms with E-state index in [-0.39, 0.29) is 18.4 Å². The molecule has 1 aliphatic carbocycles. The van der Waals surface area contributed by atoms with Gasteiger partial charge in [-0.2, -0.15) is 18.2 Å². The highest BCUT2D eigenvalue weighted by atomic mass is 19.4. The van der Waals surface area contributed by atoms with Crippen molar-refractivity contribution in [2.45, 2.75) is 43.7 Å². The van der Waals surface area contributed by atoms with Gasteiger partial charge in [-0.1, -0.05) is 18.0 Å². The van der Waals surface area contributed by atoms with E-state index in [2.05, 4.69) is 14.9 Å². The Kier molecular flexibility index (Phi) is 4.64. The maximum absolute atomic E-state index is 11.9. The Balaban J connectivity index is 1.86. The van der Waals surface area contributed by atoms with Crippen molar-refractivity contribution in [3.05, 3.63) is 11.7 Å². The molecule has 0 aliphatic heterocycles. The van der Waals surface area contributed by atoms with Crippen LogP contribution in [0.15, 0.2) is 4.52 Å². The zero-order valence-electron chi connectivity index (χ0n) is 11.1. The van der Waals surface area contributed by atoms with Gasteiger partial charge >= 0.3 is 6.18 Å². The van der Waals surface area contributed by atoms with Gasteiger partial charge < -0.3 is 15.0 Å². The quantitative estimate of drug-likeness (QED) is 0.812. The number of rotatable bonds is 6. The molecule has 8 heteroatoms. The Labute approximate surface area is 114 Å². The van der Waals surface area contributed by atoms with E-state index in [0.29, 0.717) is 18.3 Å². The summed E-state index contributed by atoms with van der Waals surface area (Å²) in [5, 5.41) is 3.78. The van der Waals surface area contributed by atoms with Crippen molar-refractivity contribution in [1.29, 1.82) is 0 Å². The molecule has 1 aromatic rings. The Morgan fingerprint density at radius 3 is 2.60 bits per heavy atom. The zero-order valence-corrected chi connectivity index (χ0v) is 11.1. The molecule has 0 radical (unpaired) electrons. The van der Waals surface area contributed by atoms with Gasteiger partial charge in [0.1, 0.15) is 6.61 Å². The first-order chi connectivity index (χ1) is 9.45. The highest BCUT2D eigenvalue weighted by molar-refractivity contribution is 5.09. The number of hydrogen-bond acceptors (Lipinski definition) is 5. The van der Waals surface area contributed by atoms with Gasteiger partial charge in [-0.25, -0.2) is 0 Å². The maximum atomic E-state index is 11.9. The Bertz CT molecular complexity index is 428. The fraction of sp³-hybridized carbons (Fsp3) is 0.833. The van der Waals surface area contributed by atoms with Crippen LogP contribution < -0.4 is 5.73 Å². The molecule has 0 unspecified atom stereocenters. The average Bonchev–Trinajstić information content (AvgIpc) is 3.03. The maximum Gasteiger partial charge on any atom is 0.411 e. The first kappa shape index (κ1) is 15.2. The van der Waals surface area contributed by atoms with Crippen LogP contribution in [0.4, 0.5) is 13.2 Å². The van der Waals surface area contributed by atoms with Crippen molar-refractivity contribution in [3.63, 3.8) is 0 Å². The van der Waals surface area contributed by atoms with Gasteiger partial charge in [0, 0.05) is 13.0 Å². The summed E-state index contributed by atoms with van der Waals surface area (Å²) in [6.45, 7) is -0.905. The summed E-state index contributed by atoms with van der Waals surface area (Å²) in [7, 11) is 0. The third-order valence-corrected chi connectivity index (χ3v) is 3.61. The van der Waals surface area contributed by atoms with E-state index in [4.69, 9.17) is 10.3 Å². The minimum atomic E-state index is -4.31. The van der Waals surface area contributed by atoms with E-state index in [1.54, 1.807) is 0 Å². The van der Waals surface area contributed by atoms with Crippen molar-refractivity contribution < 1.29 is 22.4 Å². The first-order valence-electron chi connectivity index (χ1n) is 6.63. The summed E-state index contributed by atoms with van der Waals surface area (Å²) < 4.78 is 45.4. The van der Waals surface area contributed by atoms with Crippen molar-refractivity contribution in [3.8, 4) is 0 Å². The highest BCUT2D eigenvalue weighted by Crippen LogP contribution is 2.39. The molecule has 0 spiro atoms. The predicted molar refractivity (Wildman–Crippen MR) is 64.1 cm³/mol. The van der Waals surface area contributed by atoms with Gasteiger partial charge in [-0.15, -0.1) is 0 Å². The molecule has 1 heterocycles. The molecule has 114 valence electrons. The second-order valence-corrected chi connectivity index (χ2v) is 5.13. The lowest BCUT2D eigenvalue weighted by atomic mass is 9.86. The van der Waals surface area contributed by atoms with Gasteiger partial charge in [0.2, 0.25) is 5.89 Å². The minimum Gasteiger partial charge on any atom is -0.372 e. The summed E-state index contributed by atoms with van der Waals surface area (Å²) in [5.41, 5.74) is 5.55. The molecular formula is C12H18F3N3O2. The lowest BCUT2D eigenvalue weighted by Crippen LogP contribution is -2.32. The number of alkyl halides is 3. The van der Waals surface area contributed by atoms with Gasteiger partial charge in [-0.3, -0.25) is 0 Å². The van der Waals surface area contributed by atoms with Crippen molar-refractivity contribution >= 4 is 0 Å². The van der Waals surface area contributed by atoms with Gasteiger partial charge in [0.05, 0.1) is 12.0 Å². The Morgan fingerprint density at radius 1 is 1.30 bits per heavy atom. The average molecular weight is 293 g/mol. The van der Waals surface area contributed by atoms with Crippen molar-refractivity contribution in [2.24, 2.45) is 5.73 Å². The molecule has 1 saturated carbocycles. The molecule has 2 N–H and O–H groups in total. The minimum absolute atomic E-state index is 0.0892. The zero-order chi connectivity index (χ0) is 14.6.